The SMILES string of the molecule is C=C1c2ccccc2C(=O)N1CC(=O)NC(c1ccc(Br)cc1)C1CCC1. The van der Waals surface area contributed by atoms with E-state index in [1.54, 1.807) is 6.07 Å². The second-order valence-electron chi connectivity index (χ2n) is 7.17. The highest BCUT2D eigenvalue weighted by Gasteiger charge is 2.34. The number of carbonyl (C=O) groups excluding carboxylic acids is 2. The minimum absolute atomic E-state index is 0.00784. The van der Waals surface area contributed by atoms with Gasteiger partial charge < -0.3 is 5.32 Å². The summed E-state index contributed by atoms with van der Waals surface area (Å²) in [6.07, 6.45) is 3.42. The highest BCUT2D eigenvalue weighted by atomic mass is 79.9. The summed E-state index contributed by atoms with van der Waals surface area (Å²) >= 11 is 3.46. The van der Waals surface area contributed by atoms with Gasteiger partial charge in [0.25, 0.3) is 5.91 Å². The molecule has 1 atom stereocenters. The molecule has 4 rings (SSSR count). The quantitative estimate of drug-likeness (QED) is 0.765. The Balaban J connectivity index is 1.48. The third-order valence-electron chi connectivity index (χ3n) is 5.51. The van der Waals surface area contributed by atoms with Crippen LogP contribution in [0.25, 0.3) is 5.70 Å². The van der Waals surface area contributed by atoms with E-state index in [9.17, 15) is 9.59 Å². The summed E-state index contributed by atoms with van der Waals surface area (Å²) in [7, 11) is 0. The molecule has 1 aliphatic heterocycles. The molecule has 1 N–H and O–H groups in total. The Morgan fingerprint density at radius 2 is 1.81 bits per heavy atom. The van der Waals surface area contributed by atoms with Crippen molar-refractivity contribution in [3.63, 3.8) is 0 Å². The largest absolute Gasteiger partial charge is 0.347 e. The van der Waals surface area contributed by atoms with Crippen molar-refractivity contribution in [1.29, 1.82) is 0 Å². The molecule has 0 radical (unpaired) electrons. The number of hydrogen-bond donors (Lipinski definition) is 1. The van der Waals surface area contributed by atoms with Crippen molar-refractivity contribution in [1.82, 2.24) is 10.2 Å². The zero-order valence-electron chi connectivity index (χ0n) is 15.0. The molecule has 0 spiro atoms. The standard InChI is InChI=1S/C22H21BrN2O2/c1-14-18-7-2-3-8-19(18)22(27)25(14)13-20(26)24-21(15-5-4-6-15)16-9-11-17(23)12-10-16/h2-3,7-12,15,21H,1,4-6,13H2,(H,24,26). The molecule has 1 unspecified atom stereocenters. The average molecular weight is 425 g/mol. The van der Waals surface area contributed by atoms with Gasteiger partial charge in [0.05, 0.1) is 6.04 Å². The number of halogens is 1. The molecule has 0 aromatic heterocycles. The van der Waals surface area contributed by atoms with Crippen LogP contribution in [0.2, 0.25) is 0 Å². The molecule has 138 valence electrons. The fourth-order valence-electron chi connectivity index (χ4n) is 3.78. The molecule has 2 amide bonds. The van der Waals surface area contributed by atoms with Crippen molar-refractivity contribution in [2.75, 3.05) is 6.54 Å². The van der Waals surface area contributed by atoms with E-state index in [0.29, 0.717) is 17.2 Å². The summed E-state index contributed by atoms with van der Waals surface area (Å²) in [4.78, 5) is 26.9. The van der Waals surface area contributed by atoms with Crippen LogP contribution < -0.4 is 5.32 Å². The second kappa shape index (κ2) is 7.31. The van der Waals surface area contributed by atoms with E-state index >= 15 is 0 Å². The van der Waals surface area contributed by atoms with Crippen LogP contribution in [0.1, 0.15) is 46.8 Å². The second-order valence-corrected chi connectivity index (χ2v) is 8.09. The minimum atomic E-state index is -0.158. The Morgan fingerprint density at radius 1 is 1.15 bits per heavy atom. The van der Waals surface area contributed by atoms with Crippen molar-refractivity contribution in [2.24, 2.45) is 5.92 Å². The topological polar surface area (TPSA) is 49.4 Å². The Labute approximate surface area is 167 Å². The first-order valence-electron chi connectivity index (χ1n) is 9.19. The van der Waals surface area contributed by atoms with Gasteiger partial charge in [-0.1, -0.05) is 59.3 Å². The van der Waals surface area contributed by atoms with Crippen LogP contribution in [0.4, 0.5) is 0 Å². The molecule has 1 fully saturated rings. The molecule has 2 aromatic rings. The van der Waals surface area contributed by atoms with Gasteiger partial charge in [0.2, 0.25) is 5.91 Å². The number of hydrogen-bond acceptors (Lipinski definition) is 2. The zero-order chi connectivity index (χ0) is 19.0. The highest BCUT2D eigenvalue weighted by Crippen LogP contribution is 2.38. The molecule has 27 heavy (non-hydrogen) atoms. The maximum atomic E-state index is 12.8. The van der Waals surface area contributed by atoms with Gasteiger partial charge in [0.15, 0.2) is 0 Å². The number of benzene rings is 2. The lowest BCUT2D eigenvalue weighted by molar-refractivity contribution is -0.122. The van der Waals surface area contributed by atoms with Crippen molar-refractivity contribution < 1.29 is 9.59 Å². The maximum Gasteiger partial charge on any atom is 0.259 e. The van der Waals surface area contributed by atoms with Crippen LogP contribution in [0.3, 0.4) is 0 Å². The van der Waals surface area contributed by atoms with Gasteiger partial charge in [0, 0.05) is 21.3 Å². The average Bonchev–Trinajstić information content (AvgIpc) is 2.86. The lowest BCUT2D eigenvalue weighted by Crippen LogP contribution is -2.42. The lowest BCUT2D eigenvalue weighted by Gasteiger charge is -2.35. The fourth-order valence-corrected chi connectivity index (χ4v) is 4.05. The summed E-state index contributed by atoms with van der Waals surface area (Å²) in [6, 6.07) is 15.4. The van der Waals surface area contributed by atoms with Crippen LogP contribution >= 0.6 is 15.9 Å². The molecule has 5 heteroatoms. The van der Waals surface area contributed by atoms with Gasteiger partial charge in [-0.2, -0.15) is 0 Å². The number of amides is 2. The third-order valence-corrected chi connectivity index (χ3v) is 6.04. The van der Waals surface area contributed by atoms with Gasteiger partial charge >= 0.3 is 0 Å². The van der Waals surface area contributed by atoms with Gasteiger partial charge in [-0.25, -0.2) is 0 Å². The number of nitrogens with one attached hydrogen (secondary N) is 1. The molecule has 1 aliphatic carbocycles. The van der Waals surface area contributed by atoms with Gasteiger partial charge in [0.1, 0.15) is 6.54 Å². The zero-order valence-corrected chi connectivity index (χ0v) is 16.5. The highest BCUT2D eigenvalue weighted by molar-refractivity contribution is 9.10. The summed E-state index contributed by atoms with van der Waals surface area (Å²) in [5.74, 6) is 0.136. The molecular weight excluding hydrogens is 404 g/mol. The predicted molar refractivity (Wildman–Crippen MR) is 109 cm³/mol. The number of fused-ring (bicyclic) bond motifs is 1. The molecular formula is C22H21BrN2O2. The lowest BCUT2D eigenvalue weighted by atomic mass is 9.77. The summed E-state index contributed by atoms with van der Waals surface area (Å²) in [5.41, 5.74) is 3.11. The van der Waals surface area contributed by atoms with E-state index in [-0.39, 0.29) is 24.4 Å². The van der Waals surface area contributed by atoms with Crippen LogP contribution in [-0.2, 0) is 4.79 Å². The first kappa shape index (κ1) is 18.0. The van der Waals surface area contributed by atoms with Gasteiger partial charge in [-0.05, 0) is 42.5 Å². The van der Waals surface area contributed by atoms with Crippen LogP contribution in [-0.4, -0.2) is 23.3 Å². The molecule has 2 aromatic carbocycles. The molecule has 1 saturated carbocycles. The van der Waals surface area contributed by atoms with Crippen molar-refractivity contribution in [3.05, 3.63) is 76.3 Å². The monoisotopic (exact) mass is 424 g/mol. The molecule has 0 saturated heterocycles. The third kappa shape index (κ3) is 3.44. The smallest absolute Gasteiger partial charge is 0.259 e. The molecule has 2 aliphatic rings. The van der Waals surface area contributed by atoms with Crippen molar-refractivity contribution in [2.45, 2.75) is 25.3 Å². The van der Waals surface area contributed by atoms with E-state index in [4.69, 9.17) is 0 Å². The Hall–Kier alpha value is -2.40. The van der Waals surface area contributed by atoms with Crippen molar-refractivity contribution in [3.8, 4) is 0 Å². The van der Waals surface area contributed by atoms with E-state index in [0.717, 1.165) is 28.4 Å². The normalized spacial score (nSPS) is 17.4. The Kier molecular flexibility index (Phi) is 4.87. The molecule has 1 heterocycles. The summed E-state index contributed by atoms with van der Waals surface area (Å²) in [6.45, 7) is 4.00. The van der Waals surface area contributed by atoms with E-state index in [2.05, 4.69) is 27.8 Å². The van der Waals surface area contributed by atoms with E-state index in [1.165, 1.54) is 11.3 Å². The van der Waals surface area contributed by atoms with Gasteiger partial charge in [-0.3, -0.25) is 14.5 Å². The van der Waals surface area contributed by atoms with E-state index < -0.39 is 0 Å². The molecule has 0 bridgehead atoms. The van der Waals surface area contributed by atoms with Crippen molar-refractivity contribution >= 4 is 33.4 Å². The number of rotatable bonds is 5. The van der Waals surface area contributed by atoms with Crippen LogP contribution in [0.15, 0.2) is 59.6 Å². The number of carbonyl (C=O) groups is 2. The fraction of sp³-hybridized carbons (Fsp3) is 0.273. The predicted octanol–water partition coefficient (Wildman–Crippen LogP) is 4.53. The Morgan fingerprint density at radius 3 is 2.41 bits per heavy atom. The Bertz CT molecular complexity index is 868. The van der Waals surface area contributed by atoms with E-state index in [1.807, 2.05) is 42.5 Å². The summed E-state index contributed by atoms with van der Waals surface area (Å²) in [5, 5.41) is 3.16. The minimum Gasteiger partial charge on any atom is -0.347 e. The van der Waals surface area contributed by atoms with Crippen LogP contribution in [0.5, 0.6) is 0 Å². The van der Waals surface area contributed by atoms with Gasteiger partial charge in [-0.15, -0.1) is 0 Å². The maximum absolute atomic E-state index is 12.8. The van der Waals surface area contributed by atoms with Crippen LogP contribution in [0, 0.1) is 5.92 Å². The first-order valence-corrected chi connectivity index (χ1v) is 9.99. The molecule has 4 nitrogen and oxygen atoms in total. The first-order chi connectivity index (χ1) is 13.0. The number of nitrogens with zero attached hydrogens (tertiary/aromatic N) is 1. The summed E-state index contributed by atoms with van der Waals surface area (Å²) < 4.78 is 1.02.